The summed E-state index contributed by atoms with van der Waals surface area (Å²) in [4.78, 5) is 36.5. The zero-order valence-corrected chi connectivity index (χ0v) is 18.4. The van der Waals surface area contributed by atoms with Gasteiger partial charge in [0.15, 0.2) is 0 Å². The smallest absolute Gasteiger partial charge is 0.339 e. The van der Waals surface area contributed by atoms with Gasteiger partial charge in [-0.3, -0.25) is 4.79 Å². The number of furan rings is 1. The van der Waals surface area contributed by atoms with Gasteiger partial charge in [-0.2, -0.15) is 0 Å². The lowest BCUT2D eigenvalue weighted by molar-refractivity contribution is -0.116. The van der Waals surface area contributed by atoms with Gasteiger partial charge in [-0.1, -0.05) is 0 Å². The van der Waals surface area contributed by atoms with E-state index < -0.39 is 11.3 Å². The number of rotatable bonds is 4. The zero-order chi connectivity index (χ0) is 23.3. The summed E-state index contributed by atoms with van der Waals surface area (Å²) in [5, 5.41) is 5.34. The van der Waals surface area contributed by atoms with Crippen LogP contribution in [0.4, 0.5) is 5.69 Å². The van der Waals surface area contributed by atoms with Crippen molar-refractivity contribution in [3.8, 4) is 0 Å². The highest BCUT2D eigenvalue weighted by Crippen LogP contribution is 2.31. The molecule has 33 heavy (non-hydrogen) atoms. The fourth-order valence-corrected chi connectivity index (χ4v) is 4.13. The third-order valence-electron chi connectivity index (χ3n) is 6.09. The van der Waals surface area contributed by atoms with E-state index >= 15 is 0 Å². The average Bonchev–Trinajstić information content (AvgIpc) is 3.05. The highest BCUT2D eigenvalue weighted by Gasteiger charge is 2.16. The third-order valence-corrected chi connectivity index (χ3v) is 6.09. The SMILES string of the molecule is Cc1oc2cc3oc(=O)c(CCC(=O)Nc4ccc5oc(=O)ccc5c4)c(C)c3cc2c1C. The van der Waals surface area contributed by atoms with Crippen molar-refractivity contribution in [1.29, 1.82) is 0 Å². The Bertz CT molecular complexity index is 1690. The number of carbonyl (C=O) groups is 1. The van der Waals surface area contributed by atoms with E-state index in [0.29, 0.717) is 33.4 Å². The molecule has 0 spiro atoms. The van der Waals surface area contributed by atoms with Crippen LogP contribution in [0.25, 0.3) is 32.9 Å². The quantitative estimate of drug-likeness (QED) is 0.386. The summed E-state index contributed by atoms with van der Waals surface area (Å²) in [5.74, 6) is 0.593. The Morgan fingerprint density at radius 3 is 2.39 bits per heavy atom. The Morgan fingerprint density at radius 2 is 1.58 bits per heavy atom. The zero-order valence-electron chi connectivity index (χ0n) is 18.4. The van der Waals surface area contributed by atoms with Crippen molar-refractivity contribution in [2.45, 2.75) is 33.6 Å². The van der Waals surface area contributed by atoms with Crippen LogP contribution in [0, 0.1) is 20.8 Å². The van der Waals surface area contributed by atoms with Crippen molar-refractivity contribution >= 4 is 44.5 Å². The molecule has 0 aliphatic carbocycles. The first-order valence-corrected chi connectivity index (χ1v) is 10.6. The van der Waals surface area contributed by atoms with Crippen molar-refractivity contribution in [3.05, 3.63) is 85.8 Å². The number of nitrogens with one attached hydrogen (secondary N) is 1. The van der Waals surface area contributed by atoms with E-state index in [9.17, 15) is 14.4 Å². The molecule has 0 unspecified atom stereocenters. The van der Waals surface area contributed by atoms with Crippen molar-refractivity contribution in [2.24, 2.45) is 0 Å². The normalized spacial score (nSPS) is 11.5. The molecule has 1 N–H and O–H groups in total. The number of amides is 1. The number of hydrogen-bond acceptors (Lipinski definition) is 6. The molecule has 3 heterocycles. The van der Waals surface area contributed by atoms with E-state index in [1.165, 1.54) is 6.07 Å². The first kappa shape index (κ1) is 20.8. The molecular formula is C26H21NO6. The minimum absolute atomic E-state index is 0.116. The maximum absolute atomic E-state index is 12.6. The summed E-state index contributed by atoms with van der Waals surface area (Å²) in [5.41, 5.74) is 3.63. The molecule has 7 nitrogen and oxygen atoms in total. The summed E-state index contributed by atoms with van der Waals surface area (Å²) in [6, 6.07) is 11.7. The van der Waals surface area contributed by atoms with Gasteiger partial charge < -0.3 is 18.6 Å². The summed E-state index contributed by atoms with van der Waals surface area (Å²) in [7, 11) is 0. The molecule has 3 aromatic heterocycles. The van der Waals surface area contributed by atoms with Crippen LogP contribution in [0.3, 0.4) is 0 Å². The molecule has 5 aromatic rings. The Kier molecular flexibility index (Phi) is 4.89. The lowest BCUT2D eigenvalue weighted by Crippen LogP contribution is -2.16. The molecule has 0 saturated carbocycles. The highest BCUT2D eigenvalue weighted by atomic mass is 16.4. The summed E-state index contributed by atoms with van der Waals surface area (Å²) in [6.07, 6.45) is 0.366. The number of benzene rings is 2. The third kappa shape index (κ3) is 3.71. The van der Waals surface area contributed by atoms with E-state index in [-0.39, 0.29) is 18.7 Å². The fourth-order valence-electron chi connectivity index (χ4n) is 4.13. The van der Waals surface area contributed by atoms with Crippen LogP contribution in [0.2, 0.25) is 0 Å². The summed E-state index contributed by atoms with van der Waals surface area (Å²) in [6.45, 7) is 5.77. The van der Waals surface area contributed by atoms with E-state index in [0.717, 1.165) is 27.7 Å². The van der Waals surface area contributed by atoms with E-state index in [1.54, 1.807) is 30.3 Å². The summed E-state index contributed by atoms with van der Waals surface area (Å²) < 4.78 is 16.4. The van der Waals surface area contributed by atoms with Crippen molar-refractivity contribution in [3.63, 3.8) is 0 Å². The second kappa shape index (κ2) is 7.78. The Morgan fingerprint density at radius 1 is 0.818 bits per heavy atom. The Labute approximate surface area is 187 Å². The van der Waals surface area contributed by atoms with Gasteiger partial charge in [-0.25, -0.2) is 9.59 Å². The largest absolute Gasteiger partial charge is 0.461 e. The number of hydrogen-bond donors (Lipinski definition) is 1. The molecule has 166 valence electrons. The van der Waals surface area contributed by atoms with Crippen molar-refractivity contribution in [2.75, 3.05) is 5.32 Å². The number of anilines is 1. The lowest BCUT2D eigenvalue weighted by Gasteiger charge is -2.09. The van der Waals surface area contributed by atoms with Crippen LogP contribution in [-0.2, 0) is 11.2 Å². The maximum atomic E-state index is 12.6. The molecule has 5 rings (SSSR count). The predicted molar refractivity (Wildman–Crippen MR) is 126 cm³/mol. The molecule has 7 heteroatoms. The second-order valence-electron chi connectivity index (χ2n) is 8.18. The minimum atomic E-state index is -0.451. The van der Waals surface area contributed by atoms with Crippen LogP contribution >= 0.6 is 0 Å². The van der Waals surface area contributed by atoms with Crippen LogP contribution in [-0.4, -0.2) is 5.91 Å². The standard InChI is InChI=1S/C26H21NO6/c1-13-15(3)31-22-12-23-20(11-19(13)22)14(2)18(26(30)33-23)6-8-24(28)27-17-5-7-21-16(10-17)4-9-25(29)32-21/h4-5,7,9-12H,6,8H2,1-3H3,(H,27,28). The van der Waals surface area contributed by atoms with Crippen LogP contribution < -0.4 is 16.6 Å². The molecule has 0 fully saturated rings. The number of fused-ring (bicyclic) bond motifs is 3. The maximum Gasteiger partial charge on any atom is 0.339 e. The van der Waals surface area contributed by atoms with Crippen LogP contribution in [0.1, 0.15) is 28.9 Å². The second-order valence-corrected chi connectivity index (χ2v) is 8.18. The molecule has 0 radical (unpaired) electrons. The molecule has 1 amide bonds. The molecule has 2 aromatic carbocycles. The molecule has 0 bridgehead atoms. The molecule has 0 aliphatic heterocycles. The minimum Gasteiger partial charge on any atom is -0.461 e. The predicted octanol–water partition coefficient (Wildman–Crippen LogP) is 5.14. The molecule has 0 atom stereocenters. The van der Waals surface area contributed by atoms with Gasteiger partial charge >= 0.3 is 11.3 Å². The average molecular weight is 443 g/mol. The fraction of sp³-hybridized carbons (Fsp3) is 0.192. The number of aryl methyl sites for hydroxylation is 3. The van der Waals surface area contributed by atoms with Gasteiger partial charge in [0.1, 0.15) is 22.5 Å². The molecule has 0 saturated heterocycles. The number of carbonyl (C=O) groups excluding carboxylic acids is 1. The van der Waals surface area contributed by atoms with Gasteiger partial charge in [-0.15, -0.1) is 0 Å². The van der Waals surface area contributed by atoms with Crippen molar-refractivity contribution < 1.29 is 18.0 Å². The van der Waals surface area contributed by atoms with Crippen molar-refractivity contribution in [1.82, 2.24) is 0 Å². The Hall–Kier alpha value is -4.13. The van der Waals surface area contributed by atoms with Gasteiger partial charge in [-0.05, 0) is 68.7 Å². The molecule has 0 aliphatic rings. The summed E-state index contributed by atoms with van der Waals surface area (Å²) >= 11 is 0. The van der Waals surface area contributed by atoms with Gasteiger partial charge in [0.05, 0.1) is 0 Å². The van der Waals surface area contributed by atoms with E-state index in [2.05, 4.69) is 5.32 Å². The van der Waals surface area contributed by atoms with E-state index in [1.807, 2.05) is 26.8 Å². The van der Waals surface area contributed by atoms with Gasteiger partial charge in [0, 0.05) is 46.0 Å². The van der Waals surface area contributed by atoms with Crippen LogP contribution in [0.5, 0.6) is 0 Å². The molecular weight excluding hydrogens is 422 g/mol. The highest BCUT2D eigenvalue weighted by molar-refractivity contribution is 5.97. The van der Waals surface area contributed by atoms with Crippen LogP contribution in [0.15, 0.2) is 65.3 Å². The van der Waals surface area contributed by atoms with Gasteiger partial charge in [0.25, 0.3) is 0 Å². The first-order valence-electron chi connectivity index (χ1n) is 10.6. The monoisotopic (exact) mass is 443 g/mol. The van der Waals surface area contributed by atoms with E-state index in [4.69, 9.17) is 13.3 Å². The Balaban J connectivity index is 1.39. The topological polar surface area (TPSA) is 103 Å². The lowest BCUT2D eigenvalue weighted by atomic mass is 10.0. The van der Waals surface area contributed by atoms with Gasteiger partial charge in [0.2, 0.25) is 5.91 Å². The first-order chi connectivity index (χ1) is 15.8.